The van der Waals surface area contributed by atoms with Crippen molar-refractivity contribution in [1.82, 2.24) is 14.8 Å². The number of rotatable bonds is 5. The topological polar surface area (TPSA) is 45.7 Å². The van der Waals surface area contributed by atoms with Crippen LogP contribution in [0, 0.1) is 0 Å². The molecule has 1 saturated heterocycles. The molecule has 0 spiro atoms. The van der Waals surface area contributed by atoms with Crippen LogP contribution >= 0.6 is 0 Å². The molecular weight excluding hydrogens is 326 g/mol. The molecule has 1 atom stereocenters. The molecule has 26 heavy (non-hydrogen) atoms. The molecule has 1 aromatic carbocycles. The molecule has 1 aliphatic heterocycles. The molecular formula is C21H27N3O2. The lowest BCUT2D eigenvalue weighted by atomic mass is 9.93. The lowest BCUT2D eigenvalue weighted by molar-refractivity contribution is -0.133. The summed E-state index contributed by atoms with van der Waals surface area (Å²) in [7, 11) is 5.53. The van der Waals surface area contributed by atoms with Gasteiger partial charge in [-0.3, -0.25) is 9.78 Å². The van der Waals surface area contributed by atoms with E-state index in [1.54, 1.807) is 7.11 Å². The molecule has 0 radical (unpaired) electrons. The zero-order chi connectivity index (χ0) is 18.5. The SMILES string of the molecule is COc1ccc(-c2cccc([C@@H]3CCCN(C(=O)CN(C)C)C3)n2)cc1. The molecule has 1 aliphatic rings. The van der Waals surface area contributed by atoms with E-state index in [4.69, 9.17) is 9.72 Å². The standard InChI is InChI=1S/C21H27N3O2/c1-23(2)15-21(25)24-13-5-6-17(14-24)20-8-4-7-19(22-20)16-9-11-18(26-3)12-10-16/h4,7-12,17H,5-6,13-15H2,1-3H3/t17-/m1/s1. The highest BCUT2D eigenvalue weighted by Crippen LogP contribution is 2.28. The van der Waals surface area contributed by atoms with E-state index in [-0.39, 0.29) is 5.91 Å². The van der Waals surface area contributed by atoms with Gasteiger partial charge in [0.2, 0.25) is 5.91 Å². The van der Waals surface area contributed by atoms with Gasteiger partial charge in [-0.05, 0) is 63.3 Å². The normalized spacial score (nSPS) is 17.4. The Hall–Kier alpha value is -2.40. The average molecular weight is 353 g/mol. The van der Waals surface area contributed by atoms with E-state index in [0.717, 1.165) is 48.6 Å². The Bertz CT molecular complexity index is 743. The van der Waals surface area contributed by atoms with Gasteiger partial charge in [0, 0.05) is 30.3 Å². The number of nitrogens with zero attached hydrogens (tertiary/aromatic N) is 3. The fourth-order valence-electron chi connectivity index (χ4n) is 3.42. The van der Waals surface area contributed by atoms with Crippen molar-refractivity contribution in [1.29, 1.82) is 0 Å². The molecule has 1 aromatic heterocycles. The molecule has 2 heterocycles. The molecule has 0 saturated carbocycles. The minimum atomic E-state index is 0.200. The van der Waals surface area contributed by atoms with Gasteiger partial charge in [0.15, 0.2) is 0 Å². The number of pyridine rings is 1. The number of likely N-dealkylation sites (N-methyl/N-ethyl adjacent to an activating group) is 1. The highest BCUT2D eigenvalue weighted by molar-refractivity contribution is 5.78. The largest absolute Gasteiger partial charge is 0.497 e. The van der Waals surface area contributed by atoms with E-state index in [9.17, 15) is 4.79 Å². The smallest absolute Gasteiger partial charge is 0.236 e. The number of carbonyl (C=O) groups is 1. The van der Waals surface area contributed by atoms with Crippen LogP contribution in [0.25, 0.3) is 11.3 Å². The third-order valence-corrected chi connectivity index (χ3v) is 4.80. The minimum Gasteiger partial charge on any atom is -0.497 e. The molecule has 0 aliphatic carbocycles. The van der Waals surface area contributed by atoms with Crippen LogP contribution in [0.15, 0.2) is 42.5 Å². The van der Waals surface area contributed by atoms with Crippen LogP contribution in [0.5, 0.6) is 5.75 Å². The van der Waals surface area contributed by atoms with Crippen molar-refractivity contribution in [2.24, 2.45) is 0 Å². The van der Waals surface area contributed by atoms with Gasteiger partial charge in [-0.2, -0.15) is 0 Å². The summed E-state index contributed by atoms with van der Waals surface area (Å²) in [4.78, 5) is 21.2. The third kappa shape index (κ3) is 4.41. The summed E-state index contributed by atoms with van der Waals surface area (Å²) in [5.74, 6) is 1.34. The number of carbonyl (C=O) groups excluding carboxylic acids is 1. The monoisotopic (exact) mass is 353 g/mol. The highest BCUT2D eigenvalue weighted by Gasteiger charge is 2.25. The number of aromatic nitrogens is 1. The maximum Gasteiger partial charge on any atom is 0.236 e. The number of likely N-dealkylation sites (tertiary alicyclic amines) is 1. The molecule has 1 amide bonds. The molecule has 5 heteroatoms. The fourth-order valence-corrected chi connectivity index (χ4v) is 3.42. The molecule has 0 bridgehead atoms. The van der Waals surface area contributed by atoms with Crippen LogP contribution in [0.3, 0.4) is 0 Å². The van der Waals surface area contributed by atoms with Gasteiger partial charge in [-0.15, -0.1) is 0 Å². The second kappa shape index (κ2) is 8.32. The van der Waals surface area contributed by atoms with Crippen molar-refractivity contribution < 1.29 is 9.53 Å². The number of amides is 1. The molecule has 3 rings (SSSR count). The van der Waals surface area contributed by atoms with E-state index >= 15 is 0 Å². The first kappa shape index (κ1) is 18.4. The van der Waals surface area contributed by atoms with Crippen LogP contribution in [0.2, 0.25) is 0 Å². The number of benzene rings is 1. The van der Waals surface area contributed by atoms with Gasteiger partial charge in [0.05, 0.1) is 19.3 Å². The van der Waals surface area contributed by atoms with E-state index in [1.807, 2.05) is 54.2 Å². The lowest BCUT2D eigenvalue weighted by Gasteiger charge is -2.33. The van der Waals surface area contributed by atoms with E-state index in [2.05, 4.69) is 12.1 Å². The quantitative estimate of drug-likeness (QED) is 0.829. The summed E-state index contributed by atoms with van der Waals surface area (Å²) in [5, 5.41) is 0. The zero-order valence-electron chi connectivity index (χ0n) is 15.8. The summed E-state index contributed by atoms with van der Waals surface area (Å²) in [6.45, 7) is 2.07. The van der Waals surface area contributed by atoms with Gasteiger partial charge in [-0.1, -0.05) is 6.07 Å². The van der Waals surface area contributed by atoms with Crippen LogP contribution in [-0.4, -0.2) is 61.5 Å². The molecule has 2 aromatic rings. The molecule has 0 N–H and O–H groups in total. The number of piperidine rings is 1. The second-order valence-corrected chi connectivity index (χ2v) is 7.09. The number of hydrogen-bond acceptors (Lipinski definition) is 4. The zero-order valence-corrected chi connectivity index (χ0v) is 15.8. The molecule has 1 fully saturated rings. The van der Waals surface area contributed by atoms with Gasteiger partial charge < -0.3 is 14.5 Å². The summed E-state index contributed by atoms with van der Waals surface area (Å²) in [6.07, 6.45) is 2.10. The Labute approximate surface area is 155 Å². The predicted molar refractivity (Wildman–Crippen MR) is 103 cm³/mol. The Kier molecular flexibility index (Phi) is 5.89. The van der Waals surface area contributed by atoms with Crippen molar-refractivity contribution >= 4 is 5.91 Å². The van der Waals surface area contributed by atoms with E-state index in [0.29, 0.717) is 12.5 Å². The third-order valence-electron chi connectivity index (χ3n) is 4.80. The van der Waals surface area contributed by atoms with Gasteiger partial charge >= 0.3 is 0 Å². The van der Waals surface area contributed by atoms with Crippen molar-refractivity contribution in [2.75, 3.05) is 40.8 Å². The maximum absolute atomic E-state index is 12.4. The Balaban J connectivity index is 1.75. The summed E-state index contributed by atoms with van der Waals surface area (Å²) < 4.78 is 5.22. The fraction of sp³-hybridized carbons (Fsp3) is 0.429. The average Bonchev–Trinajstić information content (AvgIpc) is 2.68. The summed E-state index contributed by atoms with van der Waals surface area (Å²) in [5.41, 5.74) is 3.10. The predicted octanol–water partition coefficient (Wildman–Crippen LogP) is 3.02. The van der Waals surface area contributed by atoms with Gasteiger partial charge in [0.25, 0.3) is 0 Å². The Morgan fingerprint density at radius 1 is 1.23 bits per heavy atom. The minimum absolute atomic E-state index is 0.200. The second-order valence-electron chi connectivity index (χ2n) is 7.09. The first-order valence-electron chi connectivity index (χ1n) is 9.10. The van der Waals surface area contributed by atoms with Crippen LogP contribution in [-0.2, 0) is 4.79 Å². The molecule has 5 nitrogen and oxygen atoms in total. The van der Waals surface area contributed by atoms with Gasteiger partial charge in [-0.25, -0.2) is 0 Å². The van der Waals surface area contributed by atoms with Gasteiger partial charge in [0.1, 0.15) is 5.75 Å². The molecule has 0 unspecified atom stereocenters. The van der Waals surface area contributed by atoms with Crippen molar-refractivity contribution in [3.63, 3.8) is 0 Å². The first-order valence-corrected chi connectivity index (χ1v) is 9.10. The maximum atomic E-state index is 12.4. The lowest BCUT2D eigenvalue weighted by Crippen LogP contribution is -2.43. The van der Waals surface area contributed by atoms with Crippen molar-refractivity contribution in [3.8, 4) is 17.0 Å². The van der Waals surface area contributed by atoms with Crippen LogP contribution in [0.4, 0.5) is 0 Å². The number of methoxy groups -OCH3 is 1. The van der Waals surface area contributed by atoms with Crippen LogP contribution < -0.4 is 4.74 Å². The molecule has 138 valence electrons. The summed E-state index contributed by atoms with van der Waals surface area (Å²) in [6, 6.07) is 14.1. The van der Waals surface area contributed by atoms with E-state index in [1.165, 1.54) is 0 Å². The number of ether oxygens (including phenoxy) is 1. The van der Waals surface area contributed by atoms with E-state index < -0.39 is 0 Å². The Morgan fingerprint density at radius 2 is 2.00 bits per heavy atom. The summed E-state index contributed by atoms with van der Waals surface area (Å²) >= 11 is 0. The van der Waals surface area contributed by atoms with Crippen molar-refractivity contribution in [3.05, 3.63) is 48.2 Å². The number of hydrogen-bond donors (Lipinski definition) is 0. The highest BCUT2D eigenvalue weighted by atomic mass is 16.5. The Morgan fingerprint density at radius 3 is 2.69 bits per heavy atom. The first-order chi connectivity index (χ1) is 12.6. The van der Waals surface area contributed by atoms with Crippen molar-refractivity contribution in [2.45, 2.75) is 18.8 Å². The van der Waals surface area contributed by atoms with Crippen LogP contribution in [0.1, 0.15) is 24.5 Å².